The predicted octanol–water partition coefficient (Wildman–Crippen LogP) is 1.11. The van der Waals surface area contributed by atoms with Crippen LogP contribution in [0.2, 0.25) is 0 Å². The van der Waals surface area contributed by atoms with Gasteiger partial charge in [-0.15, -0.1) is 0 Å². The lowest BCUT2D eigenvalue weighted by molar-refractivity contribution is 0.281. The van der Waals surface area contributed by atoms with Crippen LogP contribution in [0.15, 0.2) is 18.2 Å². The van der Waals surface area contributed by atoms with Crippen LogP contribution in [-0.2, 0) is 13.0 Å². The maximum absolute atomic E-state index is 8.83. The van der Waals surface area contributed by atoms with E-state index in [0.717, 1.165) is 24.3 Å². The largest absolute Gasteiger partial charge is 0.493 e. The molecule has 1 N–H and O–H groups in total. The highest BCUT2D eigenvalue weighted by Gasteiger charge is 2.10. The van der Waals surface area contributed by atoms with E-state index in [2.05, 4.69) is 0 Å². The summed E-state index contributed by atoms with van der Waals surface area (Å²) in [5.41, 5.74) is 2.19. The highest BCUT2D eigenvalue weighted by Crippen LogP contribution is 2.25. The van der Waals surface area contributed by atoms with E-state index in [0.29, 0.717) is 0 Å². The van der Waals surface area contributed by atoms with Crippen LogP contribution in [0.5, 0.6) is 5.75 Å². The van der Waals surface area contributed by atoms with Crippen LogP contribution in [0, 0.1) is 0 Å². The van der Waals surface area contributed by atoms with Crippen LogP contribution in [0.1, 0.15) is 11.1 Å². The standard InChI is InChI=1S/C9H10O2/c10-6-7-1-2-9-8(5-7)3-4-11-9/h1-2,5,10H,3-4,6H2. The molecule has 0 fully saturated rings. The molecule has 58 valence electrons. The van der Waals surface area contributed by atoms with Crippen LogP contribution in [0.25, 0.3) is 0 Å². The summed E-state index contributed by atoms with van der Waals surface area (Å²) < 4.78 is 5.32. The zero-order valence-electron chi connectivity index (χ0n) is 6.21. The molecule has 2 rings (SSSR count). The molecule has 2 nitrogen and oxygen atoms in total. The van der Waals surface area contributed by atoms with Crippen LogP contribution < -0.4 is 4.74 Å². The number of aliphatic hydroxyl groups excluding tert-OH is 1. The van der Waals surface area contributed by atoms with Gasteiger partial charge in [0.05, 0.1) is 13.2 Å². The summed E-state index contributed by atoms with van der Waals surface area (Å²) in [6.45, 7) is 0.900. The fourth-order valence-electron chi connectivity index (χ4n) is 1.34. The van der Waals surface area contributed by atoms with Gasteiger partial charge in [0.25, 0.3) is 0 Å². The highest BCUT2D eigenvalue weighted by atomic mass is 16.5. The first-order valence-electron chi connectivity index (χ1n) is 3.75. The fourth-order valence-corrected chi connectivity index (χ4v) is 1.34. The molecule has 2 heteroatoms. The summed E-state index contributed by atoms with van der Waals surface area (Å²) in [6, 6.07) is 5.82. The van der Waals surface area contributed by atoms with Crippen molar-refractivity contribution in [1.82, 2.24) is 0 Å². The first kappa shape index (κ1) is 6.68. The van der Waals surface area contributed by atoms with Crippen LogP contribution in [0.4, 0.5) is 0 Å². The van der Waals surface area contributed by atoms with Crippen molar-refractivity contribution in [3.8, 4) is 5.75 Å². The first-order chi connectivity index (χ1) is 5.40. The van der Waals surface area contributed by atoms with Gasteiger partial charge in [-0.1, -0.05) is 6.07 Å². The summed E-state index contributed by atoms with van der Waals surface area (Å²) in [6.07, 6.45) is 0.975. The molecule has 0 saturated carbocycles. The summed E-state index contributed by atoms with van der Waals surface area (Å²) in [5, 5.41) is 8.83. The van der Waals surface area contributed by atoms with E-state index < -0.39 is 0 Å². The third-order valence-electron chi connectivity index (χ3n) is 1.94. The minimum absolute atomic E-state index is 0.118. The van der Waals surface area contributed by atoms with Crippen molar-refractivity contribution in [1.29, 1.82) is 0 Å². The number of benzene rings is 1. The molecular formula is C9H10O2. The lowest BCUT2D eigenvalue weighted by Gasteiger charge is -1.99. The smallest absolute Gasteiger partial charge is 0.122 e. The number of rotatable bonds is 1. The molecule has 1 heterocycles. The second-order valence-corrected chi connectivity index (χ2v) is 2.70. The van der Waals surface area contributed by atoms with E-state index in [1.165, 1.54) is 5.56 Å². The Morgan fingerprint density at radius 1 is 1.45 bits per heavy atom. The van der Waals surface area contributed by atoms with Crippen molar-refractivity contribution < 1.29 is 9.84 Å². The van der Waals surface area contributed by atoms with Crippen molar-refractivity contribution in [3.05, 3.63) is 29.3 Å². The third kappa shape index (κ3) is 1.10. The van der Waals surface area contributed by atoms with Gasteiger partial charge in [-0.25, -0.2) is 0 Å². The predicted molar refractivity (Wildman–Crippen MR) is 41.6 cm³/mol. The van der Waals surface area contributed by atoms with E-state index in [9.17, 15) is 0 Å². The van der Waals surface area contributed by atoms with E-state index in [4.69, 9.17) is 9.84 Å². The molecule has 11 heavy (non-hydrogen) atoms. The molecule has 0 saturated heterocycles. The Balaban J connectivity index is 2.41. The average Bonchev–Trinajstić information content (AvgIpc) is 2.50. The highest BCUT2D eigenvalue weighted by molar-refractivity contribution is 5.39. The lowest BCUT2D eigenvalue weighted by Crippen LogP contribution is -1.85. The Bertz CT molecular complexity index is 268. The molecule has 1 aliphatic heterocycles. The van der Waals surface area contributed by atoms with Gasteiger partial charge in [0, 0.05) is 6.42 Å². The average molecular weight is 150 g/mol. The quantitative estimate of drug-likeness (QED) is 0.650. The van der Waals surface area contributed by atoms with Crippen LogP contribution in [0.3, 0.4) is 0 Å². The van der Waals surface area contributed by atoms with Gasteiger partial charge in [0.2, 0.25) is 0 Å². The Morgan fingerprint density at radius 3 is 3.18 bits per heavy atom. The van der Waals surface area contributed by atoms with Gasteiger partial charge in [-0.3, -0.25) is 0 Å². The zero-order valence-corrected chi connectivity index (χ0v) is 6.21. The third-order valence-corrected chi connectivity index (χ3v) is 1.94. The molecule has 0 amide bonds. The summed E-state index contributed by atoms with van der Waals surface area (Å²) in [7, 11) is 0. The normalized spacial score (nSPS) is 14.3. The Labute approximate surface area is 65.4 Å². The van der Waals surface area contributed by atoms with Crippen molar-refractivity contribution >= 4 is 0 Å². The number of hydrogen-bond donors (Lipinski definition) is 1. The number of aliphatic hydroxyl groups is 1. The van der Waals surface area contributed by atoms with Crippen molar-refractivity contribution in [2.75, 3.05) is 6.61 Å². The molecule has 0 bridgehead atoms. The number of hydrogen-bond acceptors (Lipinski definition) is 2. The van der Waals surface area contributed by atoms with Crippen molar-refractivity contribution in [3.63, 3.8) is 0 Å². The maximum atomic E-state index is 8.83. The van der Waals surface area contributed by atoms with Gasteiger partial charge in [0.15, 0.2) is 0 Å². The minimum atomic E-state index is 0.118. The van der Waals surface area contributed by atoms with Crippen LogP contribution >= 0.6 is 0 Å². The number of fused-ring (bicyclic) bond motifs is 1. The monoisotopic (exact) mass is 150 g/mol. The second kappa shape index (κ2) is 2.55. The van der Waals surface area contributed by atoms with Gasteiger partial charge < -0.3 is 9.84 Å². The summed E-state index contributed by atoms with van der Waals surface area (Å²) >= 11 is 0. The molecule has 1 aliphatic rings. The van der Waals surface area contributed by atoms with E-state index >= 15 is 0 Å². The van der Waals surface area contributed by atoms with Crippen molar-refractivity contribution in [2.45, 2.75) is 13.0 Å². The minimum Gasteiger partial charge on any atom is -0.493 e. The molecule has 0 radical (unpaired) electrons. The fraction of sp³-hybridized carbons (Fsp3) is 0.333. The molecule has 0 aromatic heterocycles. The van der Waals surface area contributed by atoms with Gasteiger partial charge in [0.1, 0.15) is 5.75 Å². The van der Waals surface area contributed by atoms with Gasteiger partial charge in [-0.2, -0.15) is 0 Å². The molecule has 1 aromatic carbocycles. The zero-order chi connectivity index (χ0) is 7.68. The SMILES string of the molecule is OCc1ccc2c(c1)CCO2. The number of ether oxygens (including phenoxy) is 1. The van der Waals surface area contributed by atoms with E-state index in [1.807, 2.05) is 18.2 Å². The molecule has 0 atom stereocenters. The Morgan fingerprint density at radius 2 is 2.36 bits per heavy atom. The lowest BCUT2D eigenvalue weighted by atomic mass is 10.1. The topological polar surface area (TPSA) is 29.5 Å². The summed E-state index contributed by atoms with van der Waals surface area (Å²) in [5.74, 6) is 0.974. The first-order valence-corrected chi connectivity index (χ1v) is 3.75. The molecular weight excluding hydrogens is 140 g/mol. The van der Waals surface area contributed by atoms with Gasteiger partial charge >= 0.3 is 0 Å². The van der Waals surface area contributed by atoms with E-state index in [-0.39, 0.29) is 6.61 Å². The van der Waals surface area contributed by atoms with Crippen LogP contribution in [-0.4, -0.2) is 11.7 Å². The van der Waals surface area contributed by atoms with Crippen molar-refractivity contribution in [2.24, 2.45) is 0 Å². The molecule has 0 unspecified atom stereocenters. The Kier molecular flexibility index (Phi) is 1.55. The van der Waals surface area contributed by atoms with E-state index in [1.54, 1.807) is 0 Å². The second-order valence-electron chi connectivity index (χ2n) is 2.70. The molecule has 0 aliphatic carbocycles. The van der Waals surface area contributed by atoms with Gasteiger partial charge in [-0.05, 0) is 23.3 Å². The summed E-state index contributed by atoms with van der Waals surface area (Å²) in [4.78, 5) is 0. The Hall–Kier alpha value is -1.02. The maximum Gasteiger partial charge on any atom is 0.122 e. The molecule has 1 aromatic rings. The molecule has 0 spiro atoms.